The third kappa shape index (κ3) is 3.21. The molecule has 1 aliphatic heterocycles. The van der Waals surface area contributed by atoms with E-state index in [0.29, 0.717) is 12.1 Å². The lowest BCUT2D eigenvalue weighted by Gasteiger charge is -2.28. The minimum absolute atomic E-state index is 0.178. The van der Waals surface area contributed by atoms with Crippen LogP contribution in [-0.2, 0) is 20.9 Å². The maximum absolute atomic E-state index is 12.2. The van der Waals surface area contributed by atoms with Gasteiger partial charge in [0.1, 0.15) is 6.04 Å². The van der Waals surface area contributed by atoms with Crippen molar-refractivity contribution in [2.45, 2.75) is 32.9 Å². The molecule has 3 amide bonds. The molecule has 0 aromatic heterocycles. The van der Waals surface area contributed by atoms with E-state index in [1.54, 1.807) is 12.1 Å². The predicted octanol–water partition coefficient (Wildman–Crippen LogP) is 0.867. The summed E-state index contributed by atoms with van der Waals surface area (Å²) in [5, 5.41) is 2.57. The van der Waals surface area contributed by atoms with Crippen LogP contribution in [0.15, 0.2) is 24.3 Å². The third-order valence-corrected chi connectivity index (χ3v) is 3.46. The molecule has 1 aliphatic rings. The van der Waals surface area contributed by atoms with E-state index in [1.165, 1.54) is 4.90 Å². The van der Waals surface area contributed by atoms with Gasteiger partial charge in [0.15, 0.2) is 0 Å². The summed E-state index contributed by atoms with van der Waals surface area (Å²) >= 11 is 0. The molecule has 1 heterocycles. The number of amides is 3. The fourth-order valence-electron chi connectivity index (χ4n) is 2.44. The first kappa shape index (κ1) is 15.0. The number of rotatable bonds is 4. The number of nitrogens with two attached hydrogens (primary N) is 1. The van der Waals surface area contributed by atoms with Crippen molar-refractivity contribution in [2.75, 3.05) is 5.32 Å². The minimum Gasteiger partial charge on any atom is -0.368 e. The van der Waals surface area contributed by atoms with Crippen molar-refractivity contribution in [3.8, 4) is 0 Å². The average Bonchev–Trinajstić information content (AvgIpc) is 2.54. The van der Waals surface area contributed by atoms with E-state index in [-0.39, 0.29) is 12.5 Å². The zero-order chi connectivity index (χ0) is 15.6. The monoisotopic (exact) mass is 289 g/mol. The van der Waals surface area contributed by atoms with E-state index < -0.39 is 23.8 Å². The zero-order valence-electron chi connectivity index (χ0n) is 12.1. The highest BCUT2D eigenvalue weighted by molar-refractivity contribution is 6.40. The maximum Gasteiger partial charge on any atom is 0.313 e. The van der Waals surface area contributed by atoms with Crippen molar-refractivity contribution in [1.82, 2.24) is 4.90 Å². The fraction of sp³-hybridized carbons (Fsp3) is 0.400. The van der Waals surface area contributed by atoms with E-state index in [1.807, 2.05) is 26.0 Å². The van der Waals surface area contributed by atoms with Gasteiger partial charge in [-0.3, -0.25) is 14.4 Å². The number of para-hydroxylation sites is 1. The van der Waals surface area contributed by atoms with Gasteiger partial charge in [0.05, 0.1) is 0 Å². The van der Waals surface area contributed by atoms with Crippen LogP contribution in [0.4, 0.5) is 5.69 Å². The second-order valence-corrected chi connectivity index (χ2v) is 5.59. The number of nitrogens with one attached hydrogen (secondary N) is 1. The predicted molar refractivity (Wildman–Crippen MR) is 78.1 cm³/mol. The normalized spacial score (nSPS) is 16.2. The van der Waals surface area contributed by atoms with Gasteiger partial charge >= 0.3 is 11.8 Å². The van der Waals surface area contributed by atoms with Crippen LogP contribution < -0.4 is 11.1 Å². The lowest BCUT2D eigenvalue weighted by Crippen LogP contribution is -2.50. The number of hydrogen-bond donors (Lipinski definition) is 2. The number of nitrogens with zero attached hydrogens (tertiary/aromatic N) is 1. The first-order valence-electron chi connectivity index (χ1n) is 6.89. The Morgan fingerprint density at radius 1 is 1.33 bits per heavy atom. The third-order valence-electron chi connectivity index (χ3n) is 3.46. The van der Waals surface area contributed by atoms with Crippen molar-refractivity contribution in [3.05, 3.63) is 29.8 Å². The van der Waals surface area contributed by atoms with E-state index in [0.717, 1.165) is 5.56 Å². The van der Waals surface area contributed by atoms with Crippen LogP contribution in [0.5, 0.6) is 0 Å². The maximum atomic E-state index is 12.2. The molecule has 0 aliphatic carbocycles. The molecule has 2 rings (SSSR count). The molecule has 0 radical (unpaired) electrons. The first-order chi connectivity index (χ1) is 9.90. The number of benzene rings is 1. The number of primary amides is 1. The molecular weight excluding hydrogens is 270 g/mol. The summed E-state index contributed by atoms with van der Waals surface area (Å²) in [5.74, 6) is -1.88. The van der Waals surface area contributed by atoms with Crippen LogP contribution in [-0.4, -0.2) is 28.7 Å². The lowest BCUT2D eigenvalue weighted by molar-refractivity contribution is -0.147. The van der Waals surface area contributed by atoms with Gasteiger partial charge in [0.2, 0.25) is 5.91 Å². The second kappa shape index (κ2) is 5.95. The van der Waals surface area contributed by atoms with Crippen LogP contribution in [0.1, 0.15) is 25.8 Å². The standard InChI is InChI=1S/C15H19N3O3/c1-9(2)7-12(13(16)19)18-8-10-5-3-4-6-11(10)17-14(20)15(18)21/h3-6,9,12H,7-8H2,1-2H3,(H2,16,19)(H,17,20)/t12-/m0/s1. The molecular formula is C15H19N3O3. The summed E-state index contributed by atoms with van der Waals surface area (Å²) in [6.45, 7) is 4.06. The highest BCUT2D eigenvalue weighted by atomic mass is 16.2. The van der Waals surface area contributed by atoms with Crippen molar-refractivity contribution in [2.24, 2.45) is 11.7 Å². The Hall–Kier alpha value is -2.37. The minimum atomic E-state index is -0.783. The van der Waals surface area contributed by atoms with Gasteiger partial charge in [-0.1, -0.05) is 32.0 Å². The Bertz CT molecular complexity index is 583. The molecule has 6 nitrogen and oxygen atoms in total. The summed E-state index contributed by atoms with van der Waals surface area (Å²) in [7, 11) is 0. The highest BCUT2D eigenvalue weighted by Gasteiger charge is 2.35. The summed E-state index contributed by atoms with van der Waals surface area (Å²) in [6, 6.07) is 6.36. The number of fused-ring (bicyclic) bond motifs is 1. The smallest absolute Gasteiger partial charge is 0.313 e. The summed E-state index contributed by atoms with van der Waals surface area (Å²) < 4.78 is 0. The van der Waals surface area contributed by atoms with Crippen molar-refractivity contribution >= 4 is 23.4 Å². The topological polar surface area (TPSA) is 92.5 Å². The number of carbonyl (C=O) groups excluding carboxylic acids is 3. The van der Waals surface area contributed by atoms with Gasteiger partial charge in [0, 0.05) is 12.2 Å². The molecule has 1 aromatic carbocycles. The van der Waals surface area contributed by atoms with Crippen LogP contribution in [0, 0.1) is 5.92 Å². The van der Waals surface area contributed by atoms with E-state index in [2.05, 4.69) is 5.32 Å². The first-order valence-corrected chi connectivity index (χ1v) is 6.89. The number of hydrogen-bond acceptors (Lipinski definition) is 3. The summed E-state index contributed by atoms with van der Waals surface area (Å²) in [6.07, 6.45) is 0.427. The molecule has 6 heteroatoms. The number of carbonyl (C=O) groups is 3. The molecule has 3 N–H and O–H groups in total. The quantitative estimate of drug-likeness (QED) is 0.805. The van der Waals surface area contributed by atoms with Crippen molar-refractivity contribution in [1.29, 1.82) is 0 Å². The van der Waals surface area contributed by atoms with Crippen LogP contribution >= 0.6 is 0 Å². The van der Waals surface area contributed by atoms with Crippen LogP contribution in [0.2, 0.25) is 0 Å². The van der Waals surface area contributed by atoms with E-state index in [4.69, 9.17) is 5.73 Å². The average molecular weight is 289 g/mol. The van der Waals surface area contributed by atoms with Crippen LogP contribution in [0.25, 0.3) is 0 Å². The molecule has 0 unspecified atom stereocenters. The molecule has 1 aromatic rings. The van der Waals surface area contributed by atoms with E-state index >= 15 is 0 Å². The number of anilines is 1. The van der Waals surface area contributed by atoms with Gasteiger partial charge in [-0.05, 0) is 24.0 Å². The Kier molecular flexibility index (Phi) is 4.26. The van der Waals surface area contributed by atoms with Gasteiger partial charge in [-0.15, -0.1) is 0 Å². The summed E-state index contributed by atoms with van der Waals surface area (Å²) in [5.41, 5.74) is 6.80. The Morgan fingerprint density at radius 2 is 2.00 bits per heavy atom. The van der Waals surface area contributed by atoms with Crippen LogP contribution in [0.3, 0.4) is 0 Å². The largest absolute Gasteiger partial charge is 0.368 e. The van der Waals surface area contributed by atoms with Crippen molar-refractivity contribution in [3.63, 3.8) is 0 Å². The molecule has 0 spiro atoms. The summed E-state index contributed by atoms with van der Waals surface area (Å²) in [4.78, 5) is 37.2. The molecule has 21 heavy (non-hydrogen) atoms. The Morgan fingerprint density at radius 3 is 2.62 bits per heavy atom. The molecule has 0 bridgehead atoms. The van der Waals surface area contributed by atoms with Gasteiger partial charge < -0.3 is 16.0 Å². The van der Waals surface area contributed by atoms with Gasteiger partial charge in [0.25, 0.3) is 0 Å². The molecule has 0 saturated heterocycles. The lowest BCUT2D eigenvalue weighted by atomic mass is 10.0. The van der Waals surface area contributed by atoms with Gasteiger partial charge in [-0.2, -0.15) is 0 Å². The second-order valence-electron chi connectivity index (χ2n) is 5.59. The highest BCUT2D eigenvalue weighted by Crippen LogP contribution is 2.24. The molecule has 112 valence electrons. The fourth-order valence-corrected chi connectivity index (χ4v) is 2.44. The molecule has 0 fully saturated rings. The van der Waals surface area contributed by atoms with E-state index in [9.17, 15) is 14.4 Å². The molecule has 1 atom stereocenters. The zero-order valence-corrected chi connectivity index (χ0v) is 12.1. The Balaban J connectivity index is 2.39. The van der Waals surface area contributed by atoms with Gasteiger partial charge in [-0.25, -0.2) is 0 Å². The SMILES string of the molecule is CC(C)C[C@@H](C(N)=O)N1Cc2ccccc2NC(=O)C1=O. The van der Waals surface area contributed by atoms with Crippen molar-refractivity contribution < 1.29 is 14.4 Å². The molecule has 0 saturated carbocycles. The Labute approximate surface area is 123 Å².